The average molecular weight is 401 g/mol. The number of fused-ring (bicyclic) bond motifs is 2. The van der Waals surface area contributed by atoms with Crippen molar-refractivity contribution in [2.45, 2.75) is 13.0 Å². The second kappa shape index (κ2) is 6.83. The average Bonchev–Trinajstić information content (AvgIpc) is 2.71. The number of nitrogens with zero attached hydrogens (tertiary/aromatic N) is 2. The van der Waals surface area contributed by atoms with Crippen molar-refractivity contribution >= 4 is 38.9 Å². The molecule has 2 amide bonds. The SMILES string of the molecule is CCS(=O)(=O)N1C[C@H](C(=O)N2CC(=O)Nc3ccccc32)Oc2ccccc21. The van der Waals surface area contributed by atoms with Crippen molar-refractivity contribution in [3.63, 3.8) is 0 Å². The summed E-state index contributed by atoms with van der Waals surface area (Å²) in [5.74, 6) is -0.565. The van der Waals surface area contributed by atoms with E-state index < -0.39 is 22.0 Å². The van der Waals surface area contributed by atoms with Gasteiger partial charge in [0.05, 0.1) is 29.4 Å². The molecule has 0 saturated heterocycles. The van der Waals surface area contributed by atoms with Crippen LogP contribution < -0.4 is 19.3 Å². The molecule has 0 fully saturated rings. The van der Waals surface area contributed by atoms with Crippen LogP contribution in [0.1, 0.15) is 6.92 Å². The number of nitrogens with one attached hydrogen (secondary N) is 1. The van der Waals surface area contributed by atoms with Gasteiger partial charge in [-0.3, -0.25) is 18.8 Å². The molecule has 0 bridgehead atoms. The number of amides is 2. The maximum Gasteiger partial charge on any atom is 0.270 e. The largest absolute Gasteiger partial charge is 0.476 e. The van der Waals surface area contributed by atoms with Crippen LogP contribution in [0.5, 0.6) is 5.75 Å². The minimum absolute atomic E-state index is 0.100. The smallest absolute Gasteiger partial charge is 0.270 e. The van der Waals surface area contributed by atoms with Gasteiger partial charge in [-0.15, -0.1) is 0 Å². The number of benzene rings is 2. The lowest BCUT2D eigenvalue weighted by Gasteiger charge is -2.37. The molecule has 0 radical (unpaired) electrons. The Morgan fingerprint density at radius 3 is 2.57 bits per heavy atom. The van der Waals surface area contributed by atoms with E-state index in [-0.39, 0.29) is 24.7 Å². The molecule has 4 rings (SSSR count). The van der Waals surface area contributed by atoms with Gasteiger partial charge in [-0.2, -0.15) is 0 Å². The van der Waals surface area contributed by atoms with E-state index in [0.717, 1.165) is 0 Å². The van der Waals surface area contributed by atoms with Gasteiger partial charge >= 0.3 is 0 Å². The summed E-state index contributed by atoms with van der Waals surface area (Å²) >= 11 is 0. The summed E-state index contributed by atoms with van der Waals surface area (Å²) in [5, 5.41) is 2.73. The molecule has 2 heterocycles. The van der Waals surface area contributed by atoms with Crippen LogP contribution in [-0.4, -0.2) is 45.2 Å². The van der Waals surface area contributed by atoms with E-state index >= 15 is 0 Å². The highest BCUT2D eigenvalue weighted by molar-refractivity contribution is 7.92. The maximum atomic E-state index is 13.2. The number of carbonyl (C=O) groups excluding carboxylic acids is 2. The first kappa shape index (κ1) is 18.3. The van der Waals surface area contributed by atoms with Crippen LogP contribution in [0.25, 0.3) is 0 Å². The van der Waals surface area contributed by atoms with Crippen molar-refractivity contribution in [1.29, 1.82) is 0 Å². The van der Waals surface area contributed by atoms with Gasteiger partial charge in [0, 0.05) is 0 Å². The summed E-state index contributed by atoms with van der Waals surface area (Å²) in [5.41, 5.74) is 1.49. The Balaban J connectivity index is 1.71. The van der Waals surface area contributed by atoms with Gasteiger partial charge in [0.25, 0.3) is 5.91 Å². The van der Waals surface area contributed by atoms with Crippen molar-refractivity contribution in [1.82, 2.24) is 0 Å². The van der Waals surface area contributed by atoms with Crippen LogP contribution in [0.2, 0.25) is 0 Å². The summed E-state index contributed by atoms with van der Waals surface area (Å²) in [6.45, 7) is 1.25. The van der Waals surface area contributed by atoms with Crippen LogP contribution in [0.15, 0.2) is 48.5 Å². The van der Waals surface area contributed by atoms with Crippen LogP contribution in [0.4, 0.5) is 17.1 Å². The van der Waals surface area contributed by atoms with Crippen molar-refractivity contribution in [3.05, 3.63) is 48.5 Å². The lowest BCUT2D eigenvalue weighted by Crippen LogP contribution is -2.54. The molecule has 146 valence electrons. The van der Waals surface area contributed by atoms with Gasteiger partial charge < -0.3 is 10.1 Å². The predicted molar refractivity (Wildman–Crippen MR) is 105 cm³/mol. The molecule has 0 aliphatic carbocycles. The number of ether oxygens (including phenoxy) is 1. The molecule has 1 atom stereocenters. The van der Waals surface area contributed by atoms with Crippen molar-refractivity contribution in [2.24, 2.45) is 0 Å². The number of para-hydroxylation sites is 4. The highest BCUT2D eigenvalue weighted by Gasteiger charge is 2.39. The number of hydrogen-bond donors (Lipinski definition) is 1. The zero-order chi connectivity index (χ0) is 19.9. The van der Waals surface area contributed by atoms with E-state index in [0.29, 0.717) is 22.8 Å². The molecule has 2 aliphatic heterocycles. The maximum absolute atomic E-state index is 13.2. The van der Waals surface area contributed by atoms with Crippen LogP contribution >= 0.6 is 0 Å². The van der Waals surface area contributed by atoms with E-state index in [1.54, 1.807) is 55.5 Å². The Hall–Kier alpha value is -3.07. The Morgan fingerprint density at radius 1 is 1.14 bits per heavy atom. The molecule has 9 heteroatoms. The molecule has 8 nitrogen and oxygen atoms in total. The summed E-state index contributed by atoms with van der Waals surface area (Å²) in [6.07, 6.45) is -1.06. The molecule has 28 heavy (non-hydrogen) atoms. The lowest BCUT2D eigenvalue weighted by molar-refractivity contribution is -0.127. The number of rotatable bonds is 3. The third kappa shape index (κ3) is 3.07. The number of hydrogen-bond acceptors (Lipinski definition) is 5. The fourth-order valence-corrected chi connectivity index (χ4v) is 4.48. The first-order valence-corrected chi connectivity index (χ1v) is 10.5. The van der Waals surface area contributed by atoms with E-state index in [4.69, 9.17) is 4.74 Å². The molecule has 2 aliphatic rings. The lowest BCUT2D eigenvalue weighted by atomic mass is 10.1. The topological polar surface area (TPSA) is 96.0 Å². The van der Waals surface area contributed by atoms with Gasteiger partial charge in [0.15, 0.2) is 6.10 Å². The molecule has 0 spiro atoms. The summed E-state index contributed by atoms with van der Waals surface area (Å²) in [6, 6.07) is 13.7. The van der Waals surface area contributed by atoms with E-state index in [1.165, 1.54) is 9.21 Å². The van der Waals surface area contributed by atoms with Gasteiger partial charge in [-0.25, -0.2) is 8.42 Å². The molecule has 2 aromatic carbocycles. The molecule has 1 N–H and O–H groups in total. The summed E-state index contributed by atoms with van der Waals surface area (Å²) in [4.78, 5) is 26.6. The Kier molecular flexibility index (Phi) is 4.46. The Labute approximate surface area is 162 Å². The fraction of sp³-hybridized carbons (Fsp3) is 0.263. The second-order valence-electron chi connectivity index (χ2n) is 6.50. The third-order valence-electron chi connectivity index (χ3n) is 4.75. The van der Waals surface area contributed by atoms with E-state index in [9.17, 15) is 18.0 Å². The van der Waals surface area contributed by atoms with Crippen LogP contribution in [0, 0.1) is 0 Å². The van der Waals surface area contributed by atoms with Gasteiger partial charge in [0.2, 0.25) is 15.9 Å². The minimum atomic E-state index is -3.60. The molecule has 0 saturated carbocycles. The monoisotopic (exact) mass is 401 g/mol. The predicted octanol–water partition coefficient (Wildman–Crippen LogP) is 1.59. The normalized spacial score (nSPS) is 18.6. The zero-order valence-electron chi connectivity index (χ0n) is 15.2. The Bertz CT molecular complexity index is 1050. The van der Waals surface area contributed by atoms with Gasteiger partial charge in [-0.05, 0) is 31.2 Å². The summed E-state index contributed by atoms with van der Waals surface area (Å²) < 4.78 is 32.2. The number of anilines is 3. The summed E-state index contributed by atoms with van der Waals surface area (Å²) in [7, 11) is -3.60. The first-order chi connectivity index (χ1) is 13.4. The van der Waals surface area contributed by atoms with Crippen molar-refractivity contribution < 1.29 is 22.7 Å². The van der Waals surface area contributed by atoms with Crippen molar-refractivity contribution in [3.8, 4) is 5.75 Å². The van der Waals surface area contributed by atoms with E-state index in [1.807, 2.05) is 0 Å². The van der Waals surface area contributed by atoms with E-state index in [2.05, 4.69) is 5.32 Å². The van der Waals surface area contributed by atoms with Gasteiger partial charge in [-0.1, -0.05) is 24.3 Å². The quantitative estimate of drug-likeness (QED) is 0.843. The van der Waals surface area contributed by atoms with Crippen molar-refractivity contribution in [2.75, 3.05) is 33.4 Å². The fourth-order valence-electron chi connectivity index (χ4n) is 3.35. The third-order valence-corrected chi connectivity index (χ3v) is 6.49. The molecular formula is C19H19N3O5S. The molecule has 0 unspecified atom stereocenters. The molecular weight excluding hydrogens is 382 g/mol. The molecule has 0 aromatic heterocycles. The highest BCUT2D eigenvalue weighted by atomic mass is 32.2. The first-order valence-electron chi connectivity index (χ1n) is 8.87. The minimum Gasteiger partial charge on any atom is -0.476 e. The Morgan fingerprint density at radius 2 is 1.82 bits per heavy atom. The number of carbonyl (C=O) groups is 2. The zero-order valence-corrected chi connectivity index (χ0v) is 16.0. The van der Waals surface area contributed by atoms with Crippen LogP contribution in [-0.2, 0) is 19.6 Å². The number of sulfonamides is 1. The molecule has 2 aromatic rings. The second-order valence-corrected chi connectivity index (χ2v) is 8.68. The standard InChI is InChI=1S/C19H19N3O5S/c1-2-28(25,26)22-11-17(27-16-10-6-5-9-15(16)22)19(24)21-12-18(23)20-13-7-3-4-8-14(13)21/h3-10,17H,2,11-12H2,1H3,(H,20,23)/t17-/m1/s1. The highest BCUT2D eigenvalue weighted by Crippen LogP contribution is 2.36. The van der Waals surface area contributed by atoms with Gasteiger partial charge in [0.1, 0.15) is 12.3 Å². The van der Waals surface area contributed by atoms with Crippen LogP contribution in [0.3, 0.4) is 0 Å².